The van der Waals surface area contributed by atoms with Crippen LogP contribution in [0.2, 0.25) is 0 Å². The zero-order valence-electron chi connectivity index (χ0n) is 21.1. The average molecular weight is 423 g/mol. The van der Waals surface area contributed by atoms with Crippen molar-refractivity contribution in [2.24, 2.45) is 0 Å². The van der Waals surface area contributed by atoms with E-state index in [1.165, 1.54) is 22.3 Å². The number of ketones is 2. The van der Waals surface area contributed by atoms with Gasteiger partial charge in [-0.15, -0.1) is 0 Å². The summed E-state index contributed by atoms with van der Waals surface area (Å²) in [7, 11) is 0. The van der Waals surface area contributed by atoms with Gasteiger partial charge in [0.2, 0.25) is 0 Å². The van der Waals surface area contributed by atoms with Crippen LogP contribution in [-0.2, 0) is 9.59 Å². The highest BCUT2D eigenvalue weighted by molar-refractivity contribution is 6.24. The molecule has 0 saturated heterocycles. The second-order valence-electron chi connectivity index (χ2n) is 9.26. The van der Waals surface area contributed by atoms with Crippen molar-refractivity contribution in [1.29, 1.82) is 0 Å². The van der Waals surface area contributed by atoms with Crippen molar-refractivity contribution in [3.05, 3.63) is 68.9 Å². The van der Waals surface area contributed by atoms with E-state index in [-0.39, 0.29) is 11.6 Å². The molecule has 0 N–H and O–H groups in total. The lowest BCUT2D eigenvalue weighted by molar-refractivity contribution is -0.116. The Kier molecular flexibility index (Phi) is 11.5. The molecular weight excluding hydrogens is 380 g/mol. The quantitative estimate of drug-likeness (QED) is 0.248. The molecule has 0 aromatic carbocycles. The standard InChI is InChI=1S/C29H42O2/c1-20(2)12-9-13-21(3)14-10-15-22(4)16-11-17-23(5)18-19-27-26(8)28(30)24(6)25(7)29(27)31/h12,14,16,18H,9-11,13,15,17,19H2,1-8H3/b21-14+,22-16+,23-18+. The Morgan fingerprint density at radius 3 is 1.48 bits per heavy atom. The van der Waals surface area contributed by atoms with Crippen LogP contribution in [0.4, 0.5) is 0 Å². The number of rotatable bonds is 11. The van der Waals surface area contributed by atoms with Crippen LogP contribution in [0, 0.1) is 0 Å². The minimum Gasteiger partial charge on any atom is -0.289 e. The molecule has 0 heterocycles. The molecule has 0 aromatic heterocycles. The van der Waals surface area contributed by atoms with E-state index in [0.29, 0.717) is 28.7 Å². The number of hydrogen-bond donors (Lipinski definition) is 0. The number of carbonyl (C=O) groups is 2. The van der Waals surface area contributed by atoms with Crippen molar-refractivity contribution in [3.63, 3.8) is 0 Å². The normalized spacial score (nSPS) is 16.5. The van der Waals surface area contributed by atoms with Crippen LogP contribution in [0.3, 0.4) is 0 Å². The molecule has 0 aliphatic heterocycles. The van der Waals surface area contributed by atoms with Gasteiger partial charge in [0.25, 0.3) is 0 Å². The van der Waals surface area contributed by atoms with E-state index in [0.717, 1.165) is 38.5 Å². The van der Waals surface area contributed by atoms with Crippen molar-refractivity contribution < 1.29 is 9.59 Å². The van der Waals surface area contributed by atoms with Crippen LogP contribution in [0.25, 0.3) is 0 Å². The van der Waals surface area contributed by atoms with E-state index in [4.69, 9.17) is 0 Å². The van der Waals surface area contributed by atoms with E-state index in [2.05, 4.69) is 58.9 Å². The molecule has 1 aliphatic rings. The molecule has 0 atom stereocenters. The lowest BCUT2D eigenvalue weighted by Gasteiger charge is -2.17. The molecule has 1 rings (SSSR count). The summed E-state index contributed by atoms with van der Waals surface area (Å²) in [6, 6.07) is 0. The molecule has 31 heavy (non-hydrogen) atoms. The summed E-state index contributed by atoms with van der Waals surface area (Å²) in [4.78, 5) is 24.8. The van der Waals surface area contributed by atoms with Gasteiger partial charge in [-0.05, 0) is 100 Å². The van der Waals surface area contributed by atoms with Crippen LogP contribution in [0.5, 0.6) is 0 Å². The van der Waals surface area contributed by atoms with Crippen molar-refractivity contribution in [2.45, 2.75) is 100 Å². The van der Waals surface area contributed by atoms with E-state index in [1.807, 2.05) is 0 Å². The number of hydrogen-bond acceptors (Lipinski definition) is 2. The highest BCUT2D eigenvalue weighted by atomic mass is 16.1. The molecule has 0 aromatic rings. The van der Waals surface area contributed by atoms with Gasteiger partial charge in [-0.1, -0.05) is 46.6 Å². The van der Waals surface area contributed by atoms with Gasteiger partial charge in [0.1, 0.15) is 0 Å². The zero-order chi connectivity index (χ0) is 23.6. The summed E-state index contributed by atoms with van der Waals surface area (Å²) in [6.45, 7) is 16.1. The Morgan fingerprint density at radius 2 is 1.00 bits per heavy atom. The maximum absolute atomic E-state index is 12.5. The van der Waals surface area contributed by atoms with Gasteiger partial charge < -0.3 is 0 Å². The van der Waals surface area contributed by atoms with Crippen LogP contribution in [0.1, 0.15) is 100 Å². The number of Topliss-reactive ketones (excluding diaryl/α,β-unsaturated/α-hetero) is 2. The Labute approximate surface area is 190 Å². The minimum absolute atomic E-state index is 0.0120. The largest absolute Gasteiger partial charge is 0.289 e. The molecule has 2 nitrogen and oxygen atoms in total. The second kappa shape index (κ2) is 13.2. The van der Waals surface area contributed by atoms with Gasteiger partial charge in [0.05, 0.1) is 0 Å². The van der Waals surface area contributed by atoms with Crippen LogP contribution < -0.4 is 0 Å². The monoisotopic (exact) mass is 422 g/mol. The van der Waals surface area contributed by atoms with E-state index in [1.54, 1.807) is 20.8 Å². The molecule has 0 radical (unpaired) electrons. The van der Waals surface area contributed by atoms with Crippen molar-refractivity contribution in [3.8, 4) is 0 Å². The molecule has 0 fully saturated rings. The SMILES string of the molecule is CC(C)=CCC/C(C)=C/CC/C(C)=C/CC/C(C)=C/CC1=C(C)C(=O)C(C)=C(C)C1=O. The Hall–Kier alpha value is -2.22. The zero-order valence-corrected chi connectivity index (χ0v) is 21.1. The minimum atomic E-state index is 0.0120. The maximum atomic E-state index is 12.5. The molecule has 0 saturated carbocycles. The van der Waals surface area contributed by atoms with Gasteiger partial charge in [-0.2, -0.15) is 0 Å². The third-order valence-electron chi connectivity index (χ3n) is 6.12. The lowest BCUT2D eigenvalue weighted by atomic mass is 9.84. The van der Waals surface area contributed by atoms with Gasteiger partial charge >= 0.3 is 0 Å². The van der Waals surface area contributed by atoms with E-state index in [9.17, 15) is 9.59 Å². The molecule has 1 aliphatic carbocycles. The Bertz CT molecular complexity index is 862. The van der Waals surface area contributed by atoms with Gasteiger partial charge in [-0.25, -0.2) is 0 Å². The summed E-state index contributed by atoms with van der Waals surface area (Å²) >= 11 is 0. The van der Waals surface area contributed by atoms with Crippen molar-refractivity contribution in [1.82, 2.24) is 0 Å². The third-order valence-corrected chi connectivity index (χ3v) is 6.12. The molecule has 0 unspecified atom stereocenters. The first kappa shape index (κ1) is 26.8. The highest BCUT2D eigenvalue weighted by Gasteiger charge is 2.26. The smallest absolute Gasteiger partial charge is 0.185 e. The first-order valence-electron chi connectivity index (χ1n) is 11.6. The van der Waals surface area contributed by atoms with E-state index < -0.39 is 0 Å². The first-order chi connectivity index (χ1) is 14.5. The number of carbonyl (C=O) groups excluding carboxylic acids is 2. The summed E-state index contributed by atoms with van der Waals surface area (Å²) in [5.74, 6) is 0.0385. The predicted octanol–water partition coefficient (Wildman–Crippen LogP) is 8.33. The summed E-state index contributed by atoms with van der Waals surface area (Å²) in [6.07, 6.45) is 16.2. The summed E-state index contributed by atoms with van der Waals surface area (Å²) in [5, 5.41) is 0. The lowest BCUT2D eigenvalue weighted by Crippen LogP contribution is -2.20. The maximum Gasteiger partial charge on any atom is 0.185 e. The fourth-order valence-corrected chi connectivity index (χ4v) is 3.66. The van der Waals surface area contributed by atoms with Crippen LogP contribution in [0.15, 0.2) is 68.9 Å². The van der Waals surface area contributed by atoms with E-state index >= 15 is 0 Å². The van der Waals surface area contributed by atoms with Gasteiger partial charge in [0.15, 0.2) is 11.6 Å². The fourth-order valence-electron chi connectivity index (χ4n) is 3.66. The molecule has 0 spiro atoms. The van der Waals surface area contributed by atoms with Gasteiger partial charge in [-0.3, -0.25) is 9.59 Å². The molecule has 0 bridgehead atoms. The average Bonchev–Trinajstić information content (AvgIpc) is 2.70. The van der Waals surface area contributed by atoms with Crippen LogP contribution >= 0.6 is 0 Å². The van der Waals surface area contributed by atoms with Crippen molar-refractivity contribution >= 4 is 11.6 Å². The third kappa shape index (κ3) is 9.21. The number of allylic oxidation sites excluding steroid dienone is 12. The molecule has 0 amide bonds. The molecular formula is C29H42O2. The highest BCUT2D eigenvalue weighted by Crippen LogP contribution is 2.27. The fraction of sp³-hybridized carbons (Fsp3) is 0.517. The summed E-state index contributed by atoms with van der Waals surface area (Å²) < 4.78 is 0. The van der Waals surface area contributed by atoms with Gasteiger partial charge in [0, 0.05) is 22.3 Å². The predicted molar refractivity (Wildman–Crippen MR) is 134 cm³/mol. The Balaban J connectivity index is 2.48. The molecule has 170 valence electrons. The molecule has 2 heteroatoms. The topological polar surface area (TPSA) is 34.1 Å². The van der Waals surface area contributed by atoms with Crippen molar-refractivity contribution in [2.75, 3.05) is 0 Å². The van der Waals surface area contributed by atoms with Crippen LogP contribution in [-0.4, -0.2) is 11.6 Å². The first-order valence-corrected chi connectivity index (χ1v) is 11.6. The summed E-state index contributed by atoms with van der Waals surface area (Å²) in [5.41, 5.74) is 8.02. The second-order valence-corrected chi connectivity index (χ2v) is 9.26. The Morgan fingerprint density at radius 1 is 0.581 bits per heavy atom.